The first kappa shape index (κ1) is 13.6. The molecular formula is C9H11BrN2O2S2. The highest BCUT2D eigenvalue weighted by Crippen LogP contribution is 2.27. The van der Waals surface area contributed by atoms with Gasteiger partial charge in [-0.05, 0) is 41.2 Å². The lowest BCUT2D eigenvalue weighted by Gasteiger charge is -2.15. The number of nitrogens with zero attached hydrogens (tertiary/aromatic N) is 1. The van der Waals surface area contributed by atoms with E-state index < -0.39 is 15.4 Å². The summed E-state index contributed by atoms with van der Waals surface area (Å²) in [5.74, 6) is 0. The molecule has 0 amide bonds. The Kier molecular flexibility index (Phi) is 4.12. The highest BCUT2D eigenvalue weighted by molar-refractivity contribution is 9.10. The van der Waals surface area contributed by atoms with Crippen LogP contribution in [0.2, 0.25) is 0 Å². The van der Waals surface area contributed by atoms with Crippen molar-refractivity contribution in [1.29, 1.82) is 5.26 Å². The maximum absolute atomic E-state index is 11.8. The Hall–Kier alpha value is -0.420. The Morgan fingerprint density at radius 2 is 2.25 bits per heavy atom. The highest BCUT2D eigenvalue weighted by Gasteiger charge is 2.24. The largest absolute Gasteiger partial charge is 0.251 e. The fourth-order valence-corrected chi connectivity index (χ4v) is 4.44. The van der Waals surface area contributed by atoms with E-state index in [-0.39, 0.29) is 10.8 Å². The van der Waals surface area contributed by atoms with E-state index in [1.54, 1.807) is 25.3 Å². The quantitative estimate of drug-likeness (QED) is 0.924. The van der Waals surface area contributed by atoms with Gasteiger partial charge in [-0.1, -0.05) is 0 Å². The van der Waals surface area contributed by atoms with Crippen LogP contribution in [0.25, 0.3) is 0 Å². The summed E-state index contributed by atoms with van der Waals surface area (Å²) in [6.45, 7) is 3.45. The minimum absolute atomic E-state index is 0.0934. The Morgan fingerprint density at radius 3 is 2.69 bits per heavy atom. The van der Waals surface area contributed by atoms with Gasteiger partial charge in [0.25, 0.3) is 10.0 Å². The van der Waals surface area contributed by atoms with Crippen molar-refractivity contribution in [2.75, 3.05) is 6.54 Å². The van der Waals surface area contributed by atoms with Crippen molar-refractivity contribution >= 4 is 37.3 Å². The number of hydrogen-bond acceptors (Lipinski definition) is 4. The highest BCUT2D eigenvalue weighted by atomic mass is 79.9. The fourth-order valence-electron chi connectivity index (χ4n) is 0.852. The molecule has 0 aliphatic rings. The monoisotopic (exact) mass is 322 g/mol. The molecular weight excluding hydrogens is 312 g/mol. The summed E-state index contributed by atoms with van der Waals surface area (Å²) in [7, 11) is -3.52. The van der Waals surface area contributed by atoms with Gasteiger partial charge in [0.2, 0.25) is 0 Å². The lowest BCUT2D eigenvalue weighted by Crippen LogP contribution is -2.32. The summed E-state index contributed by atoms with van der Waals surface area (Å²) in [6.07, 6.45) is 0. The number of halogens is 1. The third-order valence-corrected chi connectivity index (χ3v) is 5.91. The Balaban J connectivity index is 2.84. The van der Waals surface area contributed by atoms with Crippen molar-refractivity contribution in [3.05, 3.63) is 15.9 Å². The van der Waals surface area contributed by atoms with Crippen molar-refractivity contribution in [3.63, 3.8) is 0 Å². The van der Waals surface area contributed by atoms with E-state index in [1.165, 1.54) is 0 Å². The van der Waals surface area contributed by atoms with Crippen molar-refractivity contribution in [3.8, 4) is 6.07 Å². The zero-order valence-corrected chi connectivity index (χ0v) is 12.0. The van der Waals surface area contributed by atoms with Gasteiger partial charge in [0.15, 0.2) is 0 Å². The molecule has 1 aromatic rings. The molecule has 0 radical (unpaired) electrons. The Labute approximate surface area is 107 Å². The van der Waals surface area contributed by atoms with Gasteiger partial charge in [-0.15, -0.1) is 11.3 Å². The predicted molar refractivity (Wildman–Crippen MR) is 66.6 cm³/mol. The van der Waals surface area contributed by atoms with Crippen LogP contribution in [0.1, 0.15) is 13.8 Å². The predicted octanol–water partition coefficient (Wildman–Crippen LogP) is 2.34. The first-order chi connectivity index (χ1) is 7.28. The van der Waals surface area contributed by atoms with Crippen LogP contribution in [0.5, 0.6) is 0 Å². The van der Waals surface area contributed by atoms with E-state index in [2.05, 4.69) is 20.7 Å². The summed E-state index contributed by atoms with van der Waals surface area (Å²) in [5.41, 5.74) is -0.712. The fraction of sp³-hybridized carbons (Fsp3) is 0.444. The smallest absolute Gasteiger partial charge is 0.209 e. The van der Waals surface area contributed by atoms with Crippen LogP contribution in [0.15, 0.2) is 20.1 Å². The van der Waals surface area contributed by atoms with Gasteiger partial charge in [0.05, 0.1) is 11.5 Å². The molecule has 0 saturated carbocycles. The minimum Gasteiger partial charge on any atom is -0.209 e. The molecule has 0 bridgehead atoms. The van der Waals surface area contributed by atoms with Crippen LogP contribution in [-0.2, 0) is 10.0 Å². The van der Waals surface area contributed by atoms with Crippen LogP contribution in [0.3, 0.4) is 0 Å². The Bertz CT molecular complexity index is 514. The van der Waals surface area contributed by atoms with Crippen LogP contribution in [0, 0.1) is 16.7 Å². The van der Waals surface area contributed by atoms with Crippen LogP contribution >= 0.6 is 27.3 Å². The third kappa shape index (κ3) is 3.28. The third-order valence-electron chi connectivity index (χ3n) is 1.84. The van der Waals surface area contributed by atoms with E-state index in [0.717, 1.165) is 11.3 Å². The SMILES string of the molecule is CC(C)(C#N)CNS(=O)(=O)c1sccc1Br. The molecule has 88 valence electrons. The van der Waals surface area contributed by atoms with Gasteiger partial charge >= 0.3 is 0 Å². The van der Waals surface area contributed by atoms with Crippen LogP contribution < -0.4 is 4.72 Å². The van der Waals surface area contributed by atoms with E-state index >= 15 is 0 Å². The molecule has 0 unspecified atom stereocenters. The second-order valence-electron chi connectivity index (χ2n) is 3.88. The molecule has 0 saturated heterocycles. The summed E-state index contributed by atoms with van der Waals surface area (Å²) >= 11 is 4.30. The molecule has 0 atom stereocenters. The molecule has 0 fully saturated rings. The normalized spacial score (nSPS) is 12.4. The molecule has 7 heteroatoms. The first-order valence-electron chi connectivity index (χ1n) is 4.42. The Morgan fingerprint density at radius 1 is 1.62 bits per heavy atom. The molecule has 1 aromatic heterocycles. The first-order valence-corrected chi connectivity index (χ1v) is 7.58. The average molecular weight is 323 g/mol. The second kappa shape index (κ2) is 4.84. The number of hydrogen-bond donors (Lipinski definition) is 1. The molecule has 4 nitrogen and oxygen atoms in total. The average Bonchev–Trinajstić information content (AvgIpc) is 2.63. The second-order valence-corrected chi connectivity index (χ2v) is 7.61. The summed E-state index contributed by atoms with van der Waals surface area (Å²) in [5, 5.41) is 10.5. The van der Waals surface area contributed by atoms with E-state index in [1.807, 2.05) is 6.07 Å². The topological polar surface area (TPSA) is 70.0 Å². The molecule has 0 aliphatic heterocycles. The number of sulfonamides is 1. The van der Waals surface area contributed by atoms with Crippen LogP contribution in [-0.4, -0.2) is 15.0 Å². The zero-order chi connectivity index (χ0) is 12.4. The molecule has 1 heterocycles. The number of nitriles is 1. The van der Waals surface area contributed by atoms with Gasteiger partial charge in [0.1, 0.15) is 4.21 Å². The van der Waals surface area contributed by atoms with Gasteiger partial charge in [-0.25, -0.2) is 13.1 Å². The molecule has 0 aromatic carbocycles. The maximum Gasteiger partial charge on any atom is 0.251 e. The van der Waals surface area contributed by atoms with Crippen molar-refractivity contribution < 1.29 is 8.42 Å². The van der Waals surface area contributed by atoms with Crippen LogP contribution in [0.4, 0.5) is 0 Å². The molecule has 1 N–H and O–H groups in total. The van der Waals surface area contributed by atoms with E-state index in [4.69, 9.17) is 5.26 Å². The summed E-state index contributed by atoms with van der Waals surface area (Å²) in [4.78, 5) is 0. The molecule has 1 rings (SSSR count). The number of thiophene rings is 1. The molecule has 0 spiro atoms. The lowest BCUT2D eigenvalue weighted by molar-refractivity contribution is 0.479. The molecule has 0 aliphatic carbocycles. The van der Waals surface area contributed by atoms with Gasteiger partial charge in [0, 0.05) is 11.0 Å². The minimum atomic E-state index is -3.52. The summed E-state index contributed by atoms with van der Waals surface area (Å²) in [6, 6.07) is 3.71. The van der Waals surface area contributed by atoms with Gasteiger partial charge in [-0.3, -0.25) is 0 Å². The maximum atomic E-state index is 11.8. The molecule has 16 heavy (non-hydrogen) atoms. The summed E-state index contributed by atoms with van der Waals surface area (Å²) < 4.78 is 26.9. The number of rotatable bonds is 4. The van der Waals surface area contributed by atoms with Gasteiger partial charge < -0.3 is 0 Å². The van der Waals surface area contributed by atoms with E-state index in [0.29, 0.717) is 4.47 Å². The standard InChI is InChI=1S/C9H11BrN2O2S2/c1-9(2,5-11)6-12-16(13,14)8-7(10)3-4-15-8/h3-4,12H,6H2,1-2H3. The number of nitrogens with one attached hydrogen (secondary N) is 1. The lowest BCUT2D eigenvalue weighted by atomic mass is 9.97. The zero-order valence-electron chi connectivity index (χ0n) is 8.82. The van der Waals surface area contributed by atoms with Gasteiger partial charge in [-0.2, -0.15) is 5.26 Å². The van der Waals surface area contributed by atoms with E-state index in [9.17, 15) is 8.42 Å². The van der Waals surface area contributed by atoms with Crippen molar-refractivity contribution in [1.82, 2.24) is 4.72 Å². The van der Waals surface area contributed by atoms with Crippen molar-refractivity contribution in [2.45, 2.75) is 18.1 Å². The van der Waals surface area contributed by atoms with Crippen molar-refractivity contribution in [2.24, 2.45) is 5.41 Å².